The van der Waals surface area contributed by atoms with Gasteiger partial charge in [0.15, 0.2) is 0 Å². The van der Waals surface area contributed by atoms with Gasteiger partial charge in [-0.2, -0.15) is 8.42 Å². The summed E-state index contributed by atoms with van der Waals surface area (Å²) in [6, 6.07) is 3.60. The Balaban J connectivity index is 2.56. The smallest absolute Gasteiger partial charge is 0.282 e. The highest BCUT2D eigenvalue weighted by Gasteiger charge is 2.21. The maximum atomic E-state index is 11.5. The SMILES string of the molecule is Cc1c(Br)ncc(Cc2cccnc2)c1S(=O)(=O)O. The van der Waals surface area contributed by atoms with Gasteiger partial charge in [0.25, 0.3) is 10.1 Å². The summed E-state index contributed by atoms with van der Waals surface area (Å²) in [5.41, 5.74) is 1.68. The number of aromatic nitrogens is 2. The van der Waals surface area contributed by atoms with Crippen LogP contribution in [0.3, 0.4) is 0 Å². The van der Waals surface area contributed by atoms with E-state index in [4.69, 9.17) is 0 Å². The van der Waals surface area contributed by atoms with E-state index in [2.05, 4.69) is 25.9 Å². The van der Waals surface area contributed by atoms with Gasteiger partial charge in [-0.05, 0) is 40.0 Å². The van der Waals surface area contributed by atoms with Crippen molar-refractivity contribution in [3.8, 4) is 0 Å². The van der Waals surface area contributed by atoms with E-state index in [9.17, 15) is 13.0 Å². The lowest BCUT2D eigenvalue weighted by molar-refractivity contribution is 0.481. The van der Waals surface area contributed by atoms with Crippen molar-refractivity contribution in [2.75, 3.05) is 0 Å². The Morgan fingerprint density at radius 2 is 2.11 bits per heavy atom. The second-order valence-corrected chi connectivity index (χ2v) is 6.15. The standard InChI is InChI=1S/C12H11BrN2O3S/c1-8-11(19(16,17)18)10(7-15-12(8)13)5-9-3-2-4-14-6-9/h2-4,6-7H,5H2,1H3,(H,16,17,18). The molecule has 0 spiro atoms. The highest BCUT2D eigenvalue weighted by atomic mass is 79.9. The number of nitrogens with zero attached hydrogens (tertiary/aromatic N) is 2. The number of halogens is 1. The van der Waals surface area contributed by atoms with Crippen LogP contribution >= 0.6 is 15.9 Å². The molecule has 0 fully saturated rings. The predicted octanol–water partition coefficient (Wildman–Crippen LogP) is 2.39. The third-order valence-corrected chi connectivity index (χ3v) is 4.53. The molecule has 0 aliphatic rings. The van der Waals surface area contributed by atoms with Crippen LogP contribution in [0.4, 0.5) is 0 Å². The third kappa shape index (κ3) is 3.17. The lowest BCUT2D eigenvalue weighted by Gasteiger charge is -2.10. The second kappa shape index (κ2) is 5.36. The van der Waals surface area contributed by atoms with E-state index in [1.807, 2.05) is 6.07 Å². The number of pyridine rings is 2. The van der Waals surface area contributed by atoms with Crippen LogP contribution in [-0.4, -0.2) is 22.9 Å². The van der Waals surface area contributed by atoms with E-state index in [0.717, 1.165) is 5.56 Å². The quantitative estimate of drug-likeness (QED) is 0.684. The van der Waals surface area contributed by atoms with Crippen molar-refractivity contribution < 1.29 is 13.0 Å². The van der Waals surface area contributed by atoms with Crippen molar-refractivity contribution in [3.05, 3.63) is 52.0 Å². The second-order valence-electron chi connectivity index (χ2n) is 4.04. The van der Waals surface area contributed by atoms with Crippen molar-refractivity contribution in [2.45, 2.75) is 18.2 Å². The molecule has 2 rings (SSSR count). The van der Waals surface area contributed by atoms with Gasteiger partial charge >= 0.3 is 0 Å². The number of hydrogen-bond donors (Lipinski definition) is 1. The van der Waals surface area contributed by atoms with Crippen LogP contribution in [0.15, 0.2) is 40.2 Å². The fourth-order valence-electron chi connectivity index (χ4n) is 1.83. The minimum absolute atomic E-state index is 0.0989. The largest absolute Gasteiger partial charge is 0.295 e. The maximum Gasteiger partial charge on any atom is 0.295 e. The van der Waals surface area contributed by atoms with Crippen LogP contribution in [0.5, 0.6) is 0 Å². The van der Waals surface area contributed by atoms with E-state index in [-0.39, 0.29) is 4.90 Å². The monoisotopic (exact) mass is 342 g/mol. The first kappa shape index (κ1) is 14.1. The Hall–Kier alpha value is -1.31. The van der Waals surface area contributed by atoms with Crippen LogP contribution in [0.25, 0.3) is 0 Å². The van der Waals surface area contributed by atoms with Gasteiger partial charge in [0.2, 0.25) is 0 Å². The summed E-state index contributed by atoms with van der Waals surface area (Å²) >= 11 is 3.16. The minimum atomic E-state index is -4.30. The maximum absolute atomic E-state index is 11.5. The van der Waals surface area contributed by atoms with E-state index in [1.54, 1.807) is 25.4 Å². The van der Waals surface area contributed by atoms with E-state index in [1.165, 1.54) is 6.20 Å². The molecule has 0 amide bonds. The Labute approximate surface area is 119 Å². The van der Waals surface area contributed by atoms with Crippen molar-refractivity contribution in [1.82, 2.24) is 9.97 Å². The molecule has 0 bridgehead atoms. The molecular formula is C12H11BrN2O3S. The van der Waals surface area contributed by atoms with Gasteiger partial charge in [-0.3, -0.25) is 9.54 Å². The zero-order valence-electron chi connectivity index (χ0n) is 10.0. The summed E-state index contributed by atoms with van der Waals surface area (Å²) in [4.78, 5) is 7.94. The number of rotatable bonds is 3. The zero-order valence-corrected chi connectivity index (χ0v) is 12.4. The minimum Gasteiger partial charge on any atom is -0.282 e. The summed E-state index contributed by atoms with van der Waals surface area (Å²) in [5.74, 6) is 0. The van der Waals surface area contributed by atoms with E-state index in [0.29, 0.717) is 22.2 Å². The van der Waals surface area contributed by atoms with Crippen molar-refractivity contribution in [2.24, 2.45) is 0 Å². The van der Waals surface area contributed by atoms with Gasteiger partial charge < -0.3 is 0 Å². The summed E-state index contributed by atoms with van der Waals surface area (Å²) in [5, 5.41) is 0. The van der Waals surface area contributed by atoms with Crippen molar-refractivity contribution in [1.29, 1.82) is 0 Å². The first-order chi connectivity index (χ1) is 8.89. The Kier molecular flexibility index (Phi) is 3.98. The molecule has 0 saturated carbocycles. The lowest BCUT2D eigenvalue weighted by atomic mass is 10.1. The molecule has 5 nitrogen and oxygen atoms in total. The molecular weight excluding hydrogens is 332 g/mol. The first-order valence-corrected chi connectivity index (χ1v) is 7.63. The molecule has 0 unspecified atom stereocenters. The molecule has 19 heavy (non-hydrogen) atoms. The van der Waals surface area contributed by atoms with Crippen molar-refractivity contribution >= 4 is 26.0 Å². The van der Waals surface area contributed by atoms with Gasteiger partial charge in [-0.25, -0.2) is 4.98 Å². The van der Waals surface area contributed by atoms with Crippen LogP contribution in [0.1, 0.15) is 16.7 Å². The van der Waals surface area contributed by atoms with E-state index >= 15 is 0 Å². The zero-order chi connectivity index (χ0) is 14.0. The van der Waals surface area contributed by atoms with Crippen molar-refractivity contribution in [3.63, 3.8) is 0 Å². The molecule has 0 aliphatic heterocycles. The highest BCUT2D eigenvalue weighted by Crippen LogP contribution is 2.26. The van der Waals surface area contributed by atoms with Gasteiger partial charge in [-0.15, -0.1) is 0 Å². The molecule has 0 aliphatic carbocycles. The fourth-order valence-corrected chi connectivity index (χ4v) is 3.20. The van der Waals surface area contributed by atoms with Crippen LogP contribution in [-0.2, 0) is 16.5 Å². The van der Waals surface area contributed by atoms with Crippen LogP contribution < -0.4 is 0 Å². The lowest BCUT2D eigenvalue weighted by Crippen LogP contribution is -2.08. The molecule has 0 radical (unpaired) electrons. The average molecular weight is 343 g/mol. The summed E-state index contributed by atoms with van der Waals surface area (Å²) < 4.78 is 32.8. The average Bonchev–Trinajstić information content (AvgIpc) is 2.34. The fraction of sp³-hybridized carbons (Fsp3) is 0.167. The Morgan fingerprint density at radius 3 is 2.68 bits per heavy atom. The third-order valence-electron chi connectivity index (χ3n) is 2.65. The van der Waals surface area contributed by atoms with E-state index < -0.39 is 10.1 Å². The van der Waals surface area contributed by atoms with Crippen LogP contribution in [0, 0.1) is 6.92 Å². The molecule has 1 N–H and O–H groups in total. The molecule has 100 valence electrons. The molecule has 7 heteroatoms. The first-order valence-electron chi connectivity index (χ1n) is 5.40. The topological polar surface area (TPSA) is 80.2 Å². The molecule has 0 saturated heterocycles. The molecule has 2 aromatic heterocycles. The Bertz CT molecular complexity index is 702. The summed E-state index contributed by atoms with van der Waals surface area (Å²) in [6.45, 7) is 1.59. The molecule has 2 heterocycles. The molecule has 0 aromatic carbocycles. The van der Waals surface area contributed by atoms with Gasteiger partial charge in [0.05, 0.1) is 0 Å². The Morgan fingerprint density at radius 1 is 1.37 bits per heavy atom. The molecule has 0 atom stereocenters. The number of hydrogen-bond acceptors (Lipinski definition) is 4. The normalized spacial score (nSPS) is 11.5. The molecule has 2 aromatic rings. The predicted molar refractivity (Wildman–Crippen MR) is 73.5 cm³/mol. The summed E-state index contributed by atoms with van der Waals surface area (Å²) in [7, 11) is -4.30. The van der Waals surface area contributed by atoms with Crippen LogP contribution in [0.2, 0.25) is 0 Å². The van der Waals surface area contributed by atoms with Gasteiger partial charge in [-0.1, -0.05) is 6.07 Å². The van der Waals surface area contributed by atoms with Gasteiger partial charge in [0, 0.05) is 30.6 Å². The summed E-state index contributed by atoms with van der Waals surface area (Å²) in [6.07, 6.45) is 5.06. The highest BCUT2D eigenvalue weighted by molar-refractivity contribution is 9.10. The van der Waals surface area contributed by atoms with Gasteiger partial charge in [0.1, 0.15) is 9.50 Å².